The lowest BCUT2D eigenvalue weighted by atomic mass is 9.83. The van der Waals surface area contributed by atoms with Crippen LogP contribution in [0, 0.1) is 5.41 Å². The Hall–Kier alpha value is -1.03. The van der Waals surface area contributed by atoms with Crippen molar-refractivity contribution in [3.63, 3.8) is 0 Å². The zero-order valence-corrected chi connectivity index (χ0v) is 14.0. The van der Waals surface area contributed by atoms with Crippen LogP contribution >= 0.6 is 15.9 Å². The van der Waals surface area contributed by atoms with E-state index >= 15 is 0 Å². The molecule has 1 aromatic rings. The normalized spacial score (nSPS) is 11.4. The third-order valence-electron chi connectivity index (χ3n) is 3.18. The summed E-state index contributed by atoms with van der Waals surface area (Å²) in [5.74, 6) is 0.125. The second-order valence-electron chi connectivity index (χ2n) is 5.85. The fourth-order valence-corrected chi connectivity index (χ4v) is 2.55. The average molecular weight is 343 g/mol. The van der Waals surface area contributed by atoms with Crippen LogP contribution in [-0.2, 0) is 11.2 Å². The maximum absolute atomic E-state index is 10.8. The molecule has 0 aliphatic heterocycles. The Kier molecular flexibility index (Phi) is 6.53. The van der Waals surface area contributed by atoms with E-state index < -0.39 is 5.97 Å². The molecule has 0 spiro atoms. The van der Waals surface area contributed by atoms with Gasteiger partial charge in [-0.25, -0.2) is 0 Å². The van der Waals surface area contributed by atoms with Gasteiger partial charge in [0.05, 0.1) is 17.5 Å². The molecule has 20 heavy (non-hydrogen) atoms. The number of carboxylic acid groups (broad SMARTS) is 1. The van der Waals surface area contributed by atoms with E-state index in [-0.39, 0.29) is 11.8 Å². The molecule has 1 aromatic carbocycles. The predicted molar refractivity (Wildman–Crippen MR) is 84.3 cm³/mol. The number of aryl methyl sites for hydroxylation is 1. The third kappa shape index (κ3) is 5.95. The molecule has 0 radical (unpaired) electrons. The van der Waals surface area contributed by atoms with Gasteiger partial charge in [-0.15, -0.1) is 0 Å². The van der Waals surface area contributed by atoms with Crippen LogP contribution in [0.3, 0.4) is 0 Å². The van der Waals surface area contributed by atoms with E-state index in [9.17, 15) is 4.79 Å². The van der Waals surface area contributed by atoms with Gasteiger partial charge in [0.1, 0.15) is 5.75 Å². The number of benzene rings is 1. The van der Waals surface area contributed by atoms with Crippen molar-refractivity contribution in [3.8, 4) is 5.75 Å². The van der Waals surface area contributed by atoms with Crippen molar-refractivity contribution in [2.75, 3.05) is 6.61 Å². The van der Waals surface area contributed by atoms with Gasteiger partial charge in [-0.1, -0.05) is 26.8 Å². The summed E-state index contributed by atoms with van der Waals surface area (Å²) >= 11 is 3.52. The van der Waals surface area contributed by atoms with Crippen LogP contribution in [0.15, 0.2) is 22.7 Å². The number of hydrogen-bond donors (Lipinski definition) is 1. The topological polar surface area (TPSA) is 46.5 Å². The molecule has 0 bridgehead atoms. The second-order valence-corrected chi connectivity index (χ2v) is 6.70. The fraction of sp³-hybridized carbons (Fsp3) is 0.562. The maximum atomic E-state index is 10.8. The van der Waals surface area contributed by atoms with E-state index in [1.54, 1.807) is 0 Å². The van der Waals surface area contributed by atoms with Crippen LogP contribution in [-0.4, -0.2) is 17.7 Å². The summed E-state index contributed by atoms with van der Waals surface area (Å²) in [4.78, 5) is 10.8. The van der Waals surface area contributed by atoms with Gasteiger partial charge in [-0.2, -0.15) is 0 Å². The fourth-order valence-electron chi connectivity index (χ4n) is 2.01. The van der Waals surface area contributed by atoms with E-state index in [1.807, 2.05) is 26.0 Å². The molecule has 1 rings (SSSR count). The van der Waals surface area contributed by atoms with Crippen molar-refractivity contribution in [3.05, 3.63) is 28.2 Å². The number of rotatable bonds is 8. The van der Waals surface area contributed by atoms with Gasteiger partial charge in [-0.3, -0.25) is 4.79 Å². The minimum Gasteiger partial charge on any atom is -0.492 e. The van der Waals surface area contributed by atoms with Gasteiger partial charge < -0.3 is 9.84 Å². The number of carbonyl (C=O) groups is 1. The molecule has 0 saturated heterocycles. The second kappa shape index (κ2) is 7.67. The van der Waals surface area contributed by atoms with E-state index in [0.29, 0.717) is 6.61 Å². The molecule has 0 heterocycles. The Balaban J connectivity index is 2.61. The van der Waals surface area contributed by atoms with E-state index in [4.69, 9.17) is 9.84 Å². The molecule has 0 aromatic heterocycles. The number of carboxylic acids is 1. The van der Waals surface area contributed by atoms with Crippen LogP contribution in [0.1, 0.15) is 45.6 Å². The summed E-state index contributed by atoms with van der Waals surface area (Å²) < 4.78 is 6.57. The minimum absolute atomic E-state index is 0.185. The Morgan fingerprint density at radius 1 is 1.40 bits per heavy atom. The van der Waals surface area contributed by atoms with Gasteiger partial charge in [0.25, 0.3) is 0 Å². The highest BCUT2D eigenvalue weighted by molar-refractivity contribution is 9.10. The first-order valence-electron chi connectivity index (χ1n) is 6.97. The molecule has 0 amide bonds. The molecule has 0 aliphatic carbocycles. The van der Waals surface area contributed by atoms with Gasteiger partial charge in [-0.05, 0) is 58.3 Å². The van der Waals surface area contributed by atoms with Crippen molar-refractivity contribution in [2.45, 2.75) is 46.5 Å². The van der Waals surface area contributed by atoms with Crippen LogP contribution in [0.2, 0.25) is 0 Å². The molecule has 3 nitrogen and oxygen atoms in total. The highest BCUT2D eigenvalue weighted by Gasteiger charge is 2.21. The molecular formula is C16H23BrO3. The molecule has 0 aliphatic rings. The summed E-state index contributed by atoms with van der Waals surface area (Å²) in [7, 11) is 0. The highest BCUT2D eigenvalue weighted by atomic mass is 79.9. The summed E-state index contributed by atoms with van der Waals surface area (Å²) in [5, 5.41) is 8.89. The van der Waals surface area contributed by atoms with Crippen LogP contribution in [0.5, 0.6) is 5.75 Å². The number of hydrogen-bond acceptors (Lipinski definition) is 2. The molecular weight excluding hydrogens is 320 g/mol. The Bertz CT molecular complexity index is 455. The summed E-state index contributed by atoms with van der Waals surface area (Å²) in [6.45, 7) is 6.78. The standard InChI is InChI=1S/C16H23BrO3/c1-4-9-20-14-6-5-12(10-13(14)17)7-8-16(2,3)11-15(18)19/h5-6,10H,4,7-9,11H2,1-3H3,(H,18,19). The molecule has 0 saturated carbocycles. The molecule has 0 fully saturated rings. The van der Waals surface area contributed by atoms with Crippen molar-refractivity contribution < 1.29 is 14.6 Å². The first kappa shape index (κ1) is 17.0. The Morgan fingerprint density at radius 3 is 2.65 bits per heavy atom. The zero-order valence-electron chi connectivity index (χ0n) is 12.4. The van der Waals surface area contributed by atoms with Crippen molar-refractivity contribution in [1.82, 2.24) is 0 Å². The van der Waals surface area contributed by atoms with E-state index in [0.717, 1.165) is 29.5 Å². The quantitative estimate of drug-likeness (QED) is 0.746. The maximum Gasteiger partial charge on any atom is 0.303 e. The first-order chi connectivity index (χ1) is 9.34. The van der Waals surface area contributed by atoms with Gasteiger partial charge in [0, 0.05) is 0 Å². The lowest BCUT2D eigenvalue weighted by Crippen LogP contribution is -2.17. The van der Waals surface area contributed by atoms with Crippen molar-refractivity contribution in [2.24, 2.45) is 5.41 Å². The van der Waals surface area contributed by atoms with Gasteiger partial charge in [0.2, 0.25) is 0 Å². The molecule has 0 unspecified atom stereocenters. The Labute approximate surface area is 129 Å². The highest BCUT2D eigenvalue weighted by Crippen LogP contribution is 2.30. The van der Waals surface area contributed by atoms with Crippen LogP contribution in [0.4, 0.5) is 0 Å². The smallest absolute Gasteiger partial charge is 0.303 e. The van der Waals surface area contributed by atoms with Crippen molar-refractivity contribution in [1.29, 1.82) is 0 Å². The first-order valence-corrected chi connectivity index (χ1v) is 7.76. The van der Waals surface area contributed by atoms with E-state index in [2.05, 4.69) is 28.9 Å². The number of aliphatic carboxylic acids is 1. The lowest BCUT2D eigenvalue weighted by molar-refractivity contribution is -0.139. The SMILES string of the molecule is CCCOc1ccc(CCC(C)(C)CC(=O)O)cc1Br. The zero-order chi connectivity index (χ0) is 15.2. The monoisotopic (exact) mass is 342 g/mol. The third-order valence-corrected chi connectivity index (χ3v) is 3.80. The van der Waals surface area contributed by atoms with Crippen LogP contribution in [0.25, 0.3) is 0 Å². The molecule has 1 N–H and O–H groups in total. The van der Waals surface area contributed by atoms with Gasteiger partial charge >= 0.3 is 5.97 Å². The molecule has 112 valence electrons. The Morgan fingerprint density at radius 2 is 2.10 bits per heavy atom. The number of halogens is 1. The molecule has 4 heteroatoms. The predicted octanol–water partition coefficient (Wildman–Crippen LogP) is 4.67. The largest absolute Gasteiger partial charge is 0.492 e. The van der Waals surface area contributed by atoms with Gasteiger partial charge in [0.15, 0.2) is 0 Å². The molecule has 0 atom stereocenters. The average Bonchev–Trinajstić information content (AvgIpc) is 2.34. The summed E-state index contributed by atoms with van der Waals surface area (Å²) in [5.41, 5.74) is 1.01. The van der Waals surface area contributed by atoms with Crippen molar-refractivity contribution >= 4 is 21.9 Å². The van der Waals surface area contributed by atoms with Crippen LogP contribution < -0.4 is 4.74 Å². The minimum atomic E-state index is -0.737. The lowest BCUT2D eigenvalue weighted by Gasteiger charge is -2.22. The summed E-state index contributed by atoms with van der Waals surface area (Å²) in [6.07, 6.45) is 2.90. The van der Waals surface area contributed by atoms with E-state index in [1.165, 1.54) is 5.56 Å². The summed E-state index contributed by atoms with van der Waals surface area (Å²) in [6, 6.07) is 6.08. The number of ether oxygens (including phenoxy) is 1.